The lowest BCUT2D eigenvalue weighted by atomic mass is 9.99. The average molecular weight is 390 g/mol. The molecule has 2 aromatic carbocycles. The third kappa shape index (κ3) is 4.52. The average Bonchev–Trinajstić information content (AvgIpc) is 3.07. The Balaban J connectivity index is 1.76. The van der Waals surface area contributed by atoms with Gasteiger partial charge in [0.1, 0.15) is 0 Å². The summed E-state index contributed by atoms with van der Waals surface area (Å²) in [5.41, 5.74) is 3.10. The number of amidine groups is 1. The van der Waals surface area contributed by atoms with Crippen molar-refractivity contribution >= 4 is 35.0 Å². The molecule has 138 valence electrons. The van der Waals surface area contributed by atoms with Crippen LogP contribution in [0.4, 0.5) is 0 Å². The fourth-order valence-electron chi connectivity index (χ4n) is 2.41. The van der Waals surface area contributed by atoms with Crippen molar-refractivity contribution in [1.29, 1.82) is 5.26 Å². The highest BCUT2D eigenvalue weighted by Gasteiger charge is 2.24. The Labute approximate surface area is 165 Å². The molecule has 0 bridgehead atoms. The van der Waals surface area contributed by atoms with E-state index in [9.17, 15) is 14.9 Å². The lowest BCUT2D eigenvalue weighted by molar-refractivity contribution is -0.135. The molecule has 3 rings (SSSR count). The quantitative estimate of drug-likeness (QED) is 0.374. The predicted molar refractivity (Wildman–Crippen MR) is 107 cm³/mol. The lowest BCUT2D eigenvalue weighted by Gasteiger charge is -2.04. The first-order chi connectivity index (χ1) is 13.6. The minimum atomic E-state index is -0.614. The number of hydrogen-bond donors (Lipinski definition) is 1. The van der Waals surface area contributed by atoms with E-state index in [1.165, 1.54) is 7.11 Å². The molecule has 0 spiro atoms. The summed E-state index contributed by atoms with van der Waals surface area (Å²) >= 11 is 1.00. The van der Waals surface area contributed by atoms with Crippen molar-refractivity contribution in [3.63, 3.8) is 0 Å². The molecule has 0 aromatic heterocycles. The van der Waals surface area contributed by atoms with Gasteiger partial charge in [0.25, 0.3) is 5.91 Å². The summed E-state index contributed by atoms with van der Waals surface area (Å²) in [7, 11) is 1.24. The van der Waals surface area contributed by atoms with Gasteiger partial charge in [-0.2, -0.15) is 10.4 Å². The van der Waals surface area contributed by atoms with E-state index >= 15 is 0 Å². The maximum Gasteiger partial charge on any atom is 0.331 e. The number of carbonyl (C=O) groups is 2. The van der Waals surface area contributed by atoms with Crippen LogP contribution in [0.1, 0.15) is 11.1 Å². The molecular formula is C20H14N4O3S. The van der Waals surface area contributed by atoms with E-state index in [1.807, 2.05) is 42.5 Å². The summed E-state index contributed by atoms with van der Waals surface area (Å²) in [5, 5.41) is 20.0. The van der Waals surface area contributed by atoms with E-state index in [2.05, 4.69) is 26.3 Å². The molecule has 1 fully saturated rings. The highest BCUT2D eigenvalue weighted by atomic mass is 32.2. The van der Waals surface area contributed by atoms with Crippen LogP contribution in [0.15, 0.2) is 69.7 Å². The van der Waals surface area contributed by atoms with Crippen molar-refractivity contribution in [3.05, 3.63) is 70.6 Å². The van der Waals surface area contributed by atoms with Crippen molar-refractivity contribution in [1.82, 2.24) is 5.32 Å². The smallest absolute Gasteiger partial charge is 0.331 e. The van der Waals surface area contributed by atoms with Crippen LogP contribution in [0, 0.1) is 11.3 Å². The number of ether oxygens (including phenoxy) is 1. The second kappa shape index (κ2) is 8.79. The Morgan fingerprint density at radius 3 is 2.86 bits per heavy atom. The van der Waals surface area contributed by atoms with E-state index in [4.69, 9.17) is 0 Å². The van der Waals surface area contributed by atoms with Gasteiger partial charge >= 0.3 is 5.97 Å². The molecule has 8 heteroatoms. The van der Waals surface area contributed by atoms with Crippen molar-refractivity contribution in [2.75, 3.05) is 7.11 Å². The van der Waals surface area contributed by atoms with Crippen LogP contribution in [0.5, 0.6) is 0 Å². The predicted octanol–water partition coefficient (Wildman–Crippen LogP) is 2.84. The largest absolute Gasteiger partial charge is 0.466 e. The zero-order chi connectivity index (χ0) is 19.9. The van der Waals surface area contributed by atoms with Gasteiger partial charge < -0.3 is 4.74 Å². The molecule has 7 nitrogen and oxygen atoms in total. The molecule has 0 unspecified atom stereocenters. The van der Waals surface area contributed by atoms with Crippen LogP contribution < -0.4 is 5.32 Å². The summed E-state index contributed by atoms with van der Waals surface area (Å²) in [6.07, 6.45) is 2.64. The number of carbonyl (C=O) groups excluding carboxylic acids is 2. The van der Waals surface area contributed by atoms with Crippen LogP contribution >= 0.6 is 11.8 Å². The normalized spacial score (nSPS) is 16.4. The van der Waals surface area contributed by atoms with Gasteiger partial charge in [-0.25, -0.2) is 4.79 Å². The Kier molecular flexibility index (Phi) is 5.99. The van der Waals surface area contributed by atoms with Gasteiger partial charge in [0.05, 0.1) is 29.9 Å². The molecule has 0 aliphatic carbocycles. The summed E-state index contributed by atoms with van der Waals surface area (Å²) in [5.74, 6) is -1.05. The molecule has 2 aromatic rings. The maximum atomic E-state index is 11.8. The molecule has 1 N–H and O–H groups in total. The number of hydrogen-bond acceptors (Lipinski definition) is 7. The van der Waals surface area contributed by atoms with Crippen molar-refractivity contribution < 1.29 is 14.3 Å². The number of nitrogens with one attached hydrogen (secondary N) is 1. The Morgan fingerprint density at radius 2 is 2.07 bits per heavy atom. The molecule has 1 aliphatic heterocycles. The van der Waals surface area contributed by atoms with Gasteiger partial charge in [-0.1, -0.05) is 36.4 Å². The van der Waals surface area contributed by atoms with Gasteiger partial charge in [-0.3, -0.25) is 10.1 Å². The molecule has 0 radical (unpaired) electrons. The first kappa shape index (κ1) is 19.1. The molecule has 28 heavy (non-hydrogen) atoms. The second-order valence-corrected chi connectivity index (χ2v) is 6.55. The zero-order valence-corrected chi connectivity index (χ0v) is 15.6. The SMILES string of the molecule is COC(=O)/C=C1/S/C(=N\N=Cc2cccc(-c3ccccc3C#N)c2)NC1=O. The van der Waals surface area contributed by atoms with Crippen LogP contribution in [0.3, 0.4) is 0 Å². The van der Waals surface area contributed by atoms with Crippen LogP contribution in [0.2, 0.25) is 0 Å². The van der Waals surface area contributed by atoms with Crippen LogP contribution in [-0.4, -0.2) is 30.4 Å². The first-order valence-electron chi connectivity index (χ1n) is 8.10. The first-order valence-corrected chi connectivity index (χ1v) is 8.92. The van der Waals surface area contributed by atoms with Crippen LogP contribution in [-0.2, 0) is 14.3 Å². The van der Waals surface area contributed by atoms with Crippen molar-refractivity contribution in [3.8, 4) is 17.2 Å². The van der Waals surface area contributed by atoms with Gasteiger partial charge in [0.2, 0.25) is 0 Å². The van der Waals surface area contributed by atoms with E-state index < -0.39 is 11.9 Å². The molecule has 0 atom stereocenters. The second-order valence-electron chi connectivity index (χ2n) is 5.52. The number of nitrogens with zero attached hydrogens (tertiary/aromatic N) is 3. The van der Waals surface area contributed by atoms with Crippen molar-refractivity contribution in [2.24, 2.45) is 10.2 Å². The summed E-state index contributed by atoms with van der Waals surface area (Å²) in [4.78, 5) is 23.2. The standard InChI is InChI=1S/C20H14N4O3S/c1-27-18(25)10-17-19(26)23-20(28-17)24-22-12-13-5-4-7-14(9-13)16-8-3-2-6-15(16)11-21/h2-10,12H,1H3,(H,23,24,26)/b17-10+,22-12?. The zero-order valence-electron chi connectivity index (χ0n) is 14.7. The number of methoxy groups -OCH3 is 1. The number of rotatable bonds is 4. The molecule has 0 saturated carbocycles. The van der Waals surface area contributed by atoms with Gasteiger partial charge in [-0.05, 0) is 40.6 Å². The Bertz CT molecular complexity index is 1070. The molecule has 1 amide bonds. The van der Waals surface area contributed by atoms with Gasteiger partial charge in [0.15, 0.2) is 5.17 Å². The van der Waals surface area contributed by atoms with E-state index in [0.29, 0.717) is 5.56 Å². The Morgan fingerprint density at radius 1 is 1.25 bits per heavy atom. The van der Waals surface area contributed by atoms with E-state index in [0.717, 1.165) is 34.5 Å². The fraction of sp³-hybridized carbons (Fsp3) is 0.0500. The topological polar surface area (TPSA) is 104 Å². The minimum absolute atomic E-state index is 0.191. The maximum absolute atomic E-state index is 11.8. The molecule has 1 saturated heterocycles. The number of nitriles is 1. The Hall–Kier alpha value is -3.70. The highest BCUT2D eigenvalue weighted by Crippen LogP contribution is 2.24. The highest BCUT2D eigenvalue weighted by molar-refractivity contribution is 8.18. The van der Waals surface area contributed by atoms with Crippen molar-refractivity contribution in [2.45, 2.75) is 0 Å². The van der Waals surface area contributed by atoms with E-state index in [1.54, 1.807) is 12.3 Å². The molecular weight excluding hydrogens is 376 g/mol. The number of thioether (sulfide) groups is 1. The minimum Gasteiger partial charge on any atom is -0.466 e. The van der Waals surface area contributed by atoms with Gasteiger partial charge in [0, 0.05) is 6.08 Å². The number of benzene rings is 2. The van der Waals surface area contributed by atoms with Crippen LogP contribution in [0.25, 0.3) is 11.1 Å². The lowest BCUT2D eigenvalue weighted by Crippen LogP contribution is -2.19. The summed E-state index contributed by atoms with van der Waals surface area (Å²) in [6.45, 7) is 0. The molecule has 1 aliphatic rings. The number of esters is 1. The monoisotopic (exact) mass is 390 g/mol. The summed E-state index contributed by atoms with van der Waals surface area (Å²) in [6, 6.07) is 17.0. The fourth-order valence-corrected chi connectivity index (χ4v) is 3.15. The third-order valence-electron chi connectivity index (χ3n) is 3.70. The number of amides is 1. The molecule has 1 heterocycles. The van der Waals surface area contributed by atoms with E-state index in [-0.39, 0.29) is 10.1 Å². The third-order valence-corrected chi connectivity index (χ3v) is 4.60. The summed E-state index contributed by atoms with van der Waals surface area (Å²) < 4.78 is 4.50. The van der Waals surface area contributed by atoms with Gasteiger partial charge in [-0.15, -0.1) is 5.10 Å².